The minimum absolute atomic E-state index is 0.0723. The molecule has 8 nitrogen and oxygen atoms in total. The second-order valence-corrected chi connectivity index (χ2v) is 6.43. The quantitative estimate of drug-likeness (QED) is 0.489. The van der Waals surface area contributed by atoms with E-state index in [9.17, 15) is 4.79 Å². The van der Waals surface area contributed by atoms with Gasteiger partial charge in [-0.25, -0.2) is 0 Å². The van der Waals surface area contributed by atoms with E-state index in [1.165, 1.54) is 0 Å². The molecule has 0 spiro atoms. The Morgan fingerprint density at radius 2 is 2.00 bits per heavy atom. The lowest BCUT2D eigenvalue weighted by Gasteiger charge is -2.07. The summed E-state index contributed by atoms with van der Waals surface area (Å²) in [5.74, 6) is 1.15. The first-order valence-corrected chi connectivity index (χ1v) is 8.98. The van der Waals surface area contributed by atoms with Gasteiger partial charge in [0, 0.05) is 29.1 Å². The normalized spacial score (nSPS) is 11.0. The molecule has 0 atom stereocenters. The number of fused-ring (bicyclic) bond motifs is 1. The van der Waals surface area contributed by atoms with Gasteiger partial charge in [-0.2, -0.15) is 4.98 Å². The summed E-state index contributed by atoms with van der Waals surface area (Å²) in [4.78, 5) is 18.6. The lowest BCUT2D eigenvalue weighted by Crippen LogP contribution is -1.96. The molecule has 0 saturated carbocycles. The van der Waals surface area contributed by atoms with Crippen LogP contribution in [-0.4, -0.2) is 40.4 Å². The predicted molar refractivity (Wildman–Crippen MR) is 106 cm³/mol. The zero-order valence-electron chi connectivity index (χ0n) is 15.9. The molecule has 0 aliphatic rings. The molecule has 2 heterocycles. The maximum absolute atomic E-state index is 10.9. The molecule has 2 N–H and O–H groups in total. The van der Waals surface area contributed by atoms with Crippen molar-refractivity contribution >= 4 is 16.9 Å². The fourth-order valence-corrected chi connectivity index (χ4v) is 3.27. The van der Waals surface area contributed by atoms with Gasteiger partial charge >= 0.3 is 5.97 Å². The van der Waals surface area contributed by atoms with Gasteiger partial charge in [-0.05, 0) is 36.2 Å². The molecule has 2 aromatic heterocycles. The molecule has 148 valence electrons. The van der Waals surface area contributed by atoms with Gasteiger partial charge < -0.3 is 24.1 Å². The largest absolute Gasteiger partial charge is 0.493 e. The molecule has 0 radical (unpaired) electrons. The number of methoxy groups -OCH3 is 2. The first-order valence-electron chi connectivity index (χ1n) is 8.98. The number of para-hydroxylation sites is 1. The second-order valence-electron chi connectivity index (χ2n) is 6.43. The van der Waals surface area contributed by atoms with Crippen molar-refractivity contribution in [2.45, 2.75) is 12.8 Å². The molecule has 8 heteroatoms. The highest BCUT2D eigenvalue weighted by molar-refractivity contribution is 5.94. The number of aryl methyl sites for hydroxylation is 1. The van der Waals surface area contributed by atoms with E-state index in [0.717, 1.165) is 22.0 Å². The lowest BCUT2D eigenvalue weighted by molar-refractivity contribution is -0.136. The van der Waals surface area contributed by atoms with Gasteiger partial charge in [0.2, 0.25) is 5.82 Å². The number of carboxylic acid groups (broad SMARTS) is 1. The third-order valence-electron chi connectivity index (χ3n) is 4.71. The summed E-state index contributed by atoms with van der Waals surface area (Å²) in [5.41, 5.74) is 3.27. The summed E-state index contributed by atoms with van der Waals surface area (Å²) in [5, 5.41) is 14.0. The number of nitrogens with zero attached hydrogens (tertiary/aromatic N) is 2. The van der Waals surface area contributed by atoms with E-state index in [4.69, 9.17) is 19.1 Å². The molecule has 0 saturated heterocycles. The van der Waals surface area contributed by atoms with Crippen molar-refractivity contribution in [2.75, 3.05) is 14.2 Å². The third kappa shape index (κ3) is 3.52. The number of benzene rings is 2. The van der Waals surface area contributed by atoms with E-state index in [1.54, 1.807) is 26.4 Å². The van der Waals surface area contributed by atoms with Crippen molar-refractivity contribution in [1.82, 2.24) is 15.1 Å². The van der Waals surface area contributed by atoms with E-state index < -0.39 is 5.97 Å². The number of carbonyl (C=O) groups is 1. The second kappa shape index (κ2) is 7.67. The van der Waals surface area contributed by atoms with Gasteiger partial charge in [-0.1, -0.05) is 17.3 Å². The van der Waals surface area contributed by atoms with Crippen LogP contribution in [-0.2, 0) is 11.2 Å². The molecule has 29 heavy (non-hydrogen) atoms. The maximum Gasteiger partial charge on any atom is 0.303 e. The Hall–Kier alpha value is -3.81. The van der Waals surface area contributed by atoms with Gasteiger partial charge in [0.25, 0.3) is 5.89 Å². The number of H-pyrrole nitrogens is 1. The van der Waals surface area contributed by atoms with E-state index in [2.05, 4.69) is 15.1 Å². The summed E-state index contributed by atoms with van der Waals surface area (Å²) in [7, 11) is 3.14. The topological polar surface area (TPSA) is 110 Å². The zero-order valence-corrected chi connectivity index (χ0v) is 15.9. The number of aliphatic carboxylic acids is 1. The molecule has 2 aromatic carbocycles. The Kier molecular flexibility index (Phi) is 4.90. The monoisotopic (exact) mass is 393 g/mol. The van der Waals surface area contributed by atoms with Crippen molar-refractivity contribution in [2.24, 2.45) is 0 Å². The van der Waals surface area contributed by atoms with E-state index in [-0.39, 0.29) is 6.42 Å². The zero-order chi connectivity index (χ0) is 20.4. The van der Waals surface area contributed by atoms with Crippen molar-refractivity contribution in [3.63, 3.8) is 0 Å². The highest BCUT2D eigenvalue weighted by atomic mass is 16.5. The molecule has 4 aromatic rings. The number of hydrogen-bond acceptors (Lipinski definition) is 6. The maximum atomic E-state index is 10.9. The number of carboxylic acids is 1. The van der Waals surface area contributed by atoms with Crippen LogP contribution in [0.25, 0.3) is 33.7 Å². The first kappa shape index (κ1) is 18.5. The number of aromatic nitrogens is 3. The number of rotatable bonds is 7. The molecular weight excluding hydrogens is 374 g/mol. The highest BCUT2D eigenvalue weighted by Gasteiger charge is 2.17. The molecular formula is C21H19N3O5. The Morgan fingerprint density at radius 3 is 2.76 bits per heavy atom. The molecule has 0 aliphatic heterocycles. The molecule has 4 rings (SSSR count). The van der Waals surface area contributed by atoms with Gasteiger partial charge in [0.05, 0.1) is 19.7 Å². The van der Waals surface area contributed by atoms with E-state index in [0.29, 0.717) is 35.2 Å². The molecule has 0 aliphatic carbocycles. The Balaban J connectivity index is 1.70. The van der Waals surface area contributed by atoms with Crippen LogP contribution >= 0.6 is 0 Å². The van der Waals surface area contributed by atoms with Gasteiger partial charge in [0.1, 0.15) is 0 Å². The summed E-state index contributed by atoms with van der Waals surface area (Å²) in [6, 6.07) is 11.1. The van der Waals surface area contributed by atoms with Crippen LogP contribution in [0.5, 0.6) is 11.5 Å². The molecule has 0 unspecified atom stereocenters. The summed E-state index contributed by atoms with van der Waals surface area (Å²) in [6.07, 6.45) is 2.34. The van der Waals surface area contributed by atoms with Crippen LogP contribution in [0.3, 0.4) is 0 Å². The van der Waals surface area contributed by atoms with Crippen LogP contribution in [0, 0.1) is 0 Å². The third-order valence-corrected chi connectivity index (χ3v) is 4.71. The van der Waals surface area contributed by atoms with Crippen LogP contribution in [0.2, 0.25) is 0 Å². The lowest BCUT2D eigenvalue weighted by atomic mass is 10.1. The van der Waals surface area contributed by atoms with Crippen LogP contribution in [0.15, 0.2) is 47.1 Å². The van der Waals surface area contributed by atoms with Crippen LogP contribution in [0.1, 0.15) is 12.0 Å². The Labute approximate surface area is 166 Å². The molecule has 0 fully saturated rings. The van der Waals surface area contributed by atoms with Gasteiger partial charge in [-0.3, -0.25) is 4.79 Å². The van der Waals surface area contributed by atoms with Crippen molar-refractivity contribution in [1.29, 1.82) is 0 Å². The van der Waals surface area contributed by atoms with Gasteiger partial charge in [0.15, 0.2) is 11.5 Å². The highest BCUT2D eigenvalue weighted by Crippen LogP contribution is 2.33. The van der Waals surface area contributed by atoms with Crippen LogP contribution in [0.4, 0.5) is 0 Å². The van der Waals surface area contributed by atoms with E-state index >= 15 is 0 Å². The minimum Gasteiger partial charge on any atom is -0.493 e. The summed E-state index contributed by atoms with van der Waals surface area (Å²) >= 11 is 0. The average Bonchev–Trinajstić information content (AvgIpc) is 3.39. The summed E-state index contributed by atoms with van der Waals surface area (Å²) in [6.45, 7) is 0. The average molecular weight is 393 g/mol. The fourth-order valence-electron chi connectivity index (χ4n) is 3.27. The fraction of sp³-hybridized carbons (Fsp3) is 0.190. The molecule has 0 bridgehead atoms. The van der Waals surface area contributed by atoms with Crippen molar-refractivity contribution < 1.29 is 23.9 Å². The number of hydrogen-bond donors (Lipinski definition) is 2. The SMILES string of the molecule is COc1ccc(-c2nc(-c3cccc4c(CCC(=O)O)c[nH]c34)no2)cc1OC. The standard InChI is InChI=1S/C21H19N3O5/c1-27-16-8-6-12(10-17(16)28-2)21-23-20(24-29-21)15-5-3-4-14-13(7-9-18(25)26)11-22-19(14)15/h3-6,8,10-11,22H,7,9H2,1-2H3,(H,25,26). The van der Waals surface area contributed by atoms with Crippen molar-refractivity contribution in [3.8, 4) is 34.3 Å². The van der Waals surface area contributed by atoms with Crippen LogP contribution < -0.4 is 9.47 Å². The Morgan fingerprint density at radius 1 is 1.17 bits per heavy atom. The molecule has 0 amide bonds. The minimum atomic E-state index is -0.826. The first-order chi connectivity index (χ1) is 14.1. The van der Waals surface area contributed by atoms with Crippen molar-refractivity contribution in [3.05, 3.63) is 48.2 Å². The number of aromatic amines is 1. The smallest absolute Gasteiger partial charge is 0.303 e. The van der Waals surface area contributed by atoms with E-state index in [1.807, 2.05) is 30.5 Å². The van der Waals surface area contributed by atoms with Gasteiger partial charge in [-0.15, -0.1) is 0 Å². The number of nitrogens with one attached hydrogen (secondary N) is 1. The number of ether oxygens (including phenoxy) is 2. The Bertz CT molecular complexity index is 1180. The predicted octanol–water partition coefficient (Wildman–Crippen LogP) is 3.92. The summed E-state index contributed by atoms with van der Waals surface area (Å²) < 4.78 is 16.0.